The largest absolute Gasteiger partial charge is 0.478 e. The molecule has 1 N–H and O–H groups in total. The molecule has 0 saturated carbocycles. The van der Waals surface area contributed by atoms with Gasteiger partial charge in [0.25, 0.3) is 0 Å². The minimum Gasteiger partial charge on any atom is -0.478 e. The van der Waals surface area contributed by atoms with E-state index in [4.69, 9.17) is 9.84 Å². The molecule has 0 aromatic carbocycles. The molecule has 0 fully saturated rings. The third kappa shape index (κ3) is 1.78. The van der Waals surface area contributed by atoms with Crippen LogP contribution in [-0.4, -0.2) is 18.2 Å². The minimum atomic E-state index is -0.890. The van der Waals surface area contributed by atoms with Crippen LogP contribution in [0.5, 0.6) is 0 Å². The predicted octanol–water partition coefficient (Wildman–Crippen LogP) is 1.59. The highest BCUT2D eigenvalue weighted by molar-refractivity contribution is 7.10. The molecule has 1 aromatic rings. The molecule has 0 aliphatic heterocycles. The molecule has 0 aliphatic rings. The van der Waals surface area contributed by atoms with Crippen molar-refractivity contribution >= 4 is 17.3 Å². The summed E-state index contributed by atoms with van der Waals surface area (Å²) in [6.45, 7) is 0.374. The maximum atomic E-state index is 10.5. The first-order valence-corrected chi connectivity index (χ1v) is 3.92. The van der Waals surface area contributed by atoms with Crippen molar-refractivity contribution in [3.05, 3.63) is 21.9 Å². The molecule has 0 spiro atoms. The van der Waals surface area contributed by atoms with Crippen molar-refractivity contribution in [3.8, 4) is 0 Å². The second kappa shape index (κ2) is 3.50. The molecule has 4 heteroatoms. The molecule has 0 bridgehead atoms. The van der Waals surface area contributed by atoms with Gasteiger partial charge in [-0.05, 0) is 11.4 Å². The maximum absolute atomic E-state index is 10.5. The fourth-order valence-electron chi connectivity index (χ4n) is 0.774. The molecule has 3 nitrogen and oxygen atoms in total. The van der Waals surface area contributed by atoms with E-state index in [0.717, 1.165) is 4.88 Å². The highest BCUT2D eigenvalue weighted by atomic mass is 32.1. The fourth-order valence-corrected chi connectivity index (χ4v) is 1.61. The van der Waals surface area contributed by atoms with Gasteiger partial charge in [0, 0.05) is 12.0 Å². The lowest BCUT2D eigenvalue weighted by Gasteiger charge is -1.95. The molecular weight excluding hydrogens is 164 g/mol. The second-order valence-corrected chi connectivity index (χ2v) is 3.00. The monoisotopic (exact) mass is 172 g/mol. The van der Waals surface area contributed by atoms with Crippen LogP contribution in [0.15, 0.2) is 11.4 Å². The molecular formula is C7H8O3S. The van der Waals surface area contributed by atoms with Crippen LogP contribution in [0.2, 0.25) is 0 Å². The first-order valence-electron chi connectivity index (χ1n) is 3.04. The normalized spacial score (nSPS) is 9.91. The standard InChI is InChI=1S/C7H8O3S/c1-10-4-6-5(7(8)9)2-3-11-6/h2-3H,4H2,1H3,(H,8,9). The van der Waals surface area contributed by atoms with Crippen LogP contribution in [-0.2, 0) is 11.3 Å². The van der Waals surface area contributed by atoms with Gasteiger partial charge in [-0.2, -0.15) is 0 Å². The summed E-state index contributed by atoms with van der Waals surface area (Å²) in [4.78, 5) is 11.3. The third-order valence-electron chi connectivity index (χ3n) is 1.25. The third-order valence-corrected chi connectivity index (χ3v) is 2.15. The number of carbonyl (C=O) groups is 1. The molecule has 0 unspecified atom stereocenters. The van der Waals surface area contributed by atoms with Gasteiger partial charge in [0.15, 0.2) is 0 Å². The van der Waals surface area contributed by atoms with Crippen molar-refractivity contribution < 1.29 is 14.6 Å². The zero-order valence-corrected chi connectivity index (χ0v) is 6.85. The van der Waals surface area contributed by atoms with E-state index in [1.165, 1.54) is 11.3 Å². The van der Waals surface area contributed by atoms with E-state index in [2.05, 4.69) is 0 Å². The number of hydrogen-bond donors (Lipinski definition) is 1. The summed E-state index contributed by atoms with van der Waals surface area (Å²) >= 11 is 1.40. The topological polar surface area (TPSA) is 46.5 Å². The SMILES string of the molecule is COCc1sccc1C(=O)O. The smallest absolute Gasteiger partial charge is 0.336 e. The average molecular weight is 172 g/mol. The van der Waals surface area contributed by atoms with Crippen molar-refractivity contribution in [2.75, 3.05) is 7.11 Å². The van der Waals surface area contributed by atoms with Crippen LogP contribution in [0.3, 0.4) is 0 Å². The summed E-state index contributed by atoms with van der Waals surface area (Å²) in [5.41, 5.74) is 0.344. The molecule has 1 heterocycles. The van der Waals surface area contributed by atoms with E-state index >= 15 is 0 Å². The average Bonchev–Trinajstić information content (AvgIpc) is 2.36. The number of carboxylic acids is 1. The minimum absolute atomic E-state index is 0.344. The Hall–Kier alpha value is -0.870. The van der Waals surface area contributed by atoms with Crippen LogP contribution in [0.4, 0.5) is 0 Å². The van der Waals surface area contributed by atoms with E-state index in [0.29, 0.717) is 12.2 Å². The van der Waals surface area contributed by atoms with Crippen molar-refractivity contribution in [1.29, 1.82) is 0 Å². The maximum Gasteiger partial charge on any atom is 0.336 e. The molecule has 0 radical (unpaired) electrons. The van der Waals surface area contributed by atoms with Gasteiger partial charge in [0.2, 0.25) is 0 Å². The number of aromatic carboxylic acids is 1. The van der Waals surface area contributed by atoms with Gasteiger partial charge in [-0.1, -0.05) is 0 Å². The quantitative estimate of drug-likeness (QED) is 0.753. The predicted molar refractivity (Wildman–Crippen MR) is 42.0 cm³/mol. The van der Waals surface area contributed by atoms with Gasteiger partial charge in [-0.25, -0.2) is 4.79 Å². The Morgan fingerprint density at radius 1 is 1.82 bits per heavy atom. The molecule has 0 saturated heterocycles. The first-order chi connectivity index (χ1) is 5.25. The lowest BCUT2D eigenvalue weighted by Crippen LogP contribution is -1.98. The van der Waals surface area contributed by atoms with E-state index in [9.17, 15) is 4.79 Å². The molecule has 1 rings (SSSR count). The second-order valence-electron chi connectivity index (χ2n) is 2.00. The summed E-state index contributed by atoms with van der Waals surface area (Å²) in [5.74, 6) is -0.890. The fraction of sp³-hybridized carbons (Fsp3) is 0.286. The van der Waals surface area contributed by atoms with Gasteiger partial charge >= 0.3 is 5.97 Å². The van der Waals surface area contributed by atoms with Crippen molar-refractivity contribution in [3.63, 3.8) is 0 Å². The number of methoxy groups -OCH3 is 1. The van der Waals surface area contributed by atoms with Crippen molar-refractivity contribution in [1.82, 2.24) is 0 Å². The summed E-state index contributed by atoms with van der Waals surface area (Å²) < 4.78 is 4.82. The summed E-state index contributed by atoms with van der Waals surface area (Å²) in [7, 11) is 1.55. The lowest BCUT2D eigenvalue weighted by molar-refractivity contribution is 0.0693. The first kappa shape index (κ1) is 8.23. The Morgan fingerprint density at radius 3 is 3.09 bits per heavy atom. The molecule has 60 valence electrons. The molecule has 1 aromatic heterocycles. The van der Waals surface area contributed by atoms with E-state index in [1.54, 1.807) is 18.6 Å². The Labute approximate surface area is 68.2 Å². The van der Waals surface area contributed by atoms with Gasteiger partial charge in [-0.3, -0.25) is 0 Å². The molecule has 0 atom stereocenters. The Morgan fingerprint density at radius 2 is 2.55 bits per heavy atom. The van der Waals surface area contributed by atoms with Gasteiger partial charge in [0.05, 0.1) is 12.2 Å². The van der Waals surface area contributed by atoms with E-state index in [-0.39, 0.29) is 0 Å². The summed E-state index contributed by atoms with van der Waals surface area (Å²) in [6.07, 6.45) is 0. The number of rotatable bonds is 3. The van der Waals surface area contributed by atoms with Gasteiger partial charge in [-0.15, -0.1) is 11.3 Å². The zero-order valence-electron chi connectivity index (χ0n) is 6.03. The van der Waals surface area contributed by atoms with Crippen LogP contribution in [0, 0.1) is 0 Å². The highest BCUT2D eigenvalue weighted by Gasteiger charge is 2.09. The van der Waals surface area contributed by atoms with Crippen molar-refractivity contribution in [2.24, 2.45) is 0 Å². The Balaban J connectivity index is 2.87. The molecule has 0 aliphatic carbocycles. The van der Waals surface area contributed by atoms with Crippen LogP contribution in [0.25, 0.3) is 0 Å². The zero-order chi connectivity index (χ0) is 8.27. The van der Waals surface area contributed by atoms with E-state index < -0.39 is 5.97 Å². The lowest BCUT2D eigenvalue weighted by atomic mass is 10.3. The van der Waals surface area contributed by atoms with Crippen molar-refractivity contribution in [2.45, 2.75) is 6.61 Å². The van der Waals surface area contributed by atoms with E-state index in [1.807, 2.05) is 0 Å². The van der Waals surface area contributed by atoms with Crippen LogP contribution in [0.1, 0.15) is 15.2 Å². The Bertz CT molecular complexity index is 254. The molecule has 11 heavy (non-hydrogen) atoms. The summed E-state index contributed by atoms with van der Waals surface area (Å²) in [6, 6.07) is 1.58. The highest BCUT2D eigenvalue weighted by Crippen LogP contribution is 2.17. The van der Waals surface area contributed by atoms with Gasteiger partial charge in [0.1, 0.15) is 0 Å². The molecule has 0 amide bonds. The number of ether oxygens (including phenoxy) is 1. The summed E-state index contributed by atoms with van der Waals surface area (Å²) in [5, 5.41) is 10.4. The number of carboxylic acid groups (broad SMARTS) is 1. The van der Waals surface area contributed by atoms with Gasteiger partial charge < -0.3 is 9.84 Å². The van der Waals surface area contributed by atoms with Crippen LogP contribution >= 0.6 is 11.3 Å². The Kier molecular flexibility index (Phi) is 2.62. The number of hydrogen-bond acceptors (Lipinski definition) is 3. The van der Waals surface area contributed by atoms with Crippen LogP contribution < -0.4 is 0 Å². The number of thiophene rings is 1.